The van der Waals surface area contributed by atoms with Crippen molar-refractivity contribution in [3.8, 4) is 44.5 Å². The zero-order valence-electron chi connectivity index (χ0n) is 34.6. The normalized spacial score (nSPS) is 12.1. The first-order chi connectivity index (χ1) is 31.7. The molecule has 0 fully saturated rings. The van der Waals surface area contributed by atoms with Crippen LogP contribution in [-0.4, -0.2) is 14.5 Å². The molecule has 2 aromatic heterocycles. The number of hydrogen-bond donors (Lipinski definition) is 0. The molecule has 296 valence electrons. The molecule has 0 aliphatic heterocycles. The second-order valence-electron chi connectivity index (χ2n) is 17.0. The molecule has 0 spiro atoms. The molecule has 0 N–H and O–H groups in total. The van der Waals surface area contributed by atoms with Gasteiger partial charge in [-0.2, -0.15) is 0 Å². The fourth-order valence-electron chi connectivity index (χ4n) is 10.9. The van der Waals surface area contributed by atoms with E-state index in [4.69, 9.17) is 4.42 Å². The maximum absolute atomic E-state index is 6.55. The van der Waals surface area contributed by atoms with Crippen molar-refractivity contribution in [2.45, 2.75) is 0 Å². The third-order valence-corrected chi connectivity index (χ3v) is 16.0. The number of furan rings is 1. The van der Waals surface area contributed by atoms with Crippen LogP contribution in [0.2, 0.25) is 0 Å². The Bertz CT molecular complexity index is 4130. The molecule has 0 saturated carbocycles. The number of hydrogen-bond acceptors (Lipinski definition) is 1. The van der Waals surface area contributed by atoms with E-state index in [0.717, 1.165) is 27.3 Å². The molecule has 0 radical (unpaired) electrons. The van der Waals surface area contributed by atoms with Crippen LogP contribution in [0, 0.1) is 0 Å². The molecule has 2 heterocycles. The summed E-state index contributed by atoms with van der Waals surface area (Å²) in [6.45, 7) is 0. The Kier molecular flexibility index (Phi) is 7.77. The average molecular weight is 876 g/mol. The summed E-state index contributed by atoms with van der Waals surface area (Å²) >= 11 is 0.181. The van der Waals surface area contributed by atoms with Crippen LogP contribution < -0.4 is 0 Å². The first kappa shape index (κ1) is 35.8. The standard InChI is InChI=1S/C62H36OSe/c1-2-15-38(16-3-1)58-44-18-6-8-20-46(44)60(47-21-9-7-19-45(47)58)40-29-33-56-54(35-40)43-30-27-41(36-57(43)64-56)61-50-24-12-10-22-48(50)59(49-23-11-13-25-51(49)61)39-28-32-55-53(34-39)52-31-26-37-14-4-5-17-42(37)62(52)63-55/h1-36H. The van der Waals surface area contributed by atoms with Gasteiger partial charge in [-0.05, 0) is 5.39 Å². The van der Waals surface area contributed by atoms with Gasteiger partial charge in [0, 0.05) is 5.39 Å². The SMILES string of the molecule is c1ccc(-c2c3ccccc3c(-c3ccc4[se]c5cc(-c6c7ccccc7c(-c7ccc8oc9c%10ccccc%10ccc9c8c7)c7ccccc67)ccc5c4c3)c3ccccc23)cc1. The van der Waals surface area contributed by atoms with Crippen molar-refractivity contribution in [1.82, 2.24) is 0 Å². The van der Waals surface area contributed by atoms with Crippen LogP contribution in [0.25, 0.3) is 140 Å². The quantitative estimate of drug-likeness (QED) is 0.127. The first-order valence-electron chi connectivity index (χ1n) is 22.0. The number of benzene rings is 12. The van der Waals surface area contributed by atoms with E-state index in [0.29, 0.717) is 0 Å². The van der Waals surface area contributed by atoms with Crippen LogP contribution in [0.5, 0.6) is 0 Å². The monoisotopic (exact) mass is 876 g/mol. The Morgan fingerprint density at radius 1 is 0.250 bits per heavy atom. The molecule has 12 aromatic carbocycles. The second-order valence-corrected chi connectivity index (χ2v) is 19.3. The van der Waals surface area contributed by atoms with Crippen LogP contribution in [0.1, 0.15) is 0 Å². The first-order valence-corrected chi connectivity index (χ1v) is 23.7. The molecular formula is C62H36OSe. The molecule has 0 aliphatic rings. The van der Waals surface area contributed by atoms with E-state index in [1.54, 1.807) is 0 Å². The summed E-state index contributed by atoms with van der Waals surface area (Å²) in [6, 6.07) is 80.9. The molecule has 2 heteroatoms. The van der Waals surface area contributed by atoms with E-state index >= 15 is 0 Å². The van der Waals surface area contributed by atoms with Crippen molar-refractivity contribution in [3.05, 3.63) is 218 Å². The zero-order valence-corrected chi connectivity index (χ0v) is 36.3. The maximum atomic E-state index is 6.55. The van der Waals surface area contributed by atoms with E-state index in [1.165, 1.54) is 112 Å². The molecule has 0 bridgehead atoms. The predicted molar refractivity (Wildman–Crippen MR) is 275 cm³/mol. The molecular weight excluding hydrogens is 840 g/mol. The Labute approximate surface area is 374 Å². The van der Waals surface area contributed by atoms with Gasteiger partial charge in [0.05, 0.1) is 0 Å². The van der Waals surface area contributed by atoms with Crippen molar-refractivity contribution in [1.29, 1.82) is 0 Å². The third-order valence-electron chi connectivity index (χ3n) is 13.6. The van der Waals surface area contributed by atoms with E-state index in [-0.39, 0.29) is 14.5 Å². The summed E-state index contributed by atoms with van der Waals surface area (Å²) in [5, 5.41) is 17.5. The summed E-state index contributed by atoms with van der Waals surface area (Å²) in [5.41, 5.74) is 12.0. The van der Waals surface area contributed by atoms with Crippen molar-refractivity contribution >= 4 is 110 Å². The van der Waals surface area contributed by atoms with Gasteiger partial charge in [0.2, 0.25) is 0 Å². The molecule has 0 saturated heterocycles. The van der Waals surface area contributed by atoms with Crippen molar-refractivity contribution < 1.29 is 4.42 Å². The Hall–Kier alpha value is -7.74. The Morgan fingerprint density at radius 3 is 1.27 bits per heavy atom. The third kappa shape index (κ3) is 5.25. The van der Waals surface area contributed by atoms with Gasteiger partial charge >= 0.3 is 336 Å². The van der Waals surface area contributed by atoms with Gasteiger partial charge in [-0.3, -0.25) is 0 Å². The van der Waals surface area contributed by atoms with Gasteiger partial charge in [-0.1, -0.05) is 30.3 Å². The minimum atomic E-state index is 0.181. The summed E-state index contributed by atoms with van der Waals surface area (Å²) in [4.78, 5) is 0. The minimum absolute atomic E-state index is 0.181. The van der Waals surface area contributed by atoms with Crippen LogP contribution in [0.3, 0.4) is 0 Å². The topological polar surface area (TPSA) is 13.1 Å². The van der Waals surface area contributed by atoms with Gasteiger partial charge in [0.25, 0.3) is 0 Å². The summed E-state index contributed by atoms with van der Waals surface area (Å²) in [7, 11) is 0. The van der Waals surface area contributed by atoms with E-state index < -0.39 is 0 Å². The van der Waals surface area contributed by atoms with Crippen LogP contribution in [-0.2, 0) is 0 Å². The number of fused-ring (bicyclic) bond motifs is 12. The summed E-state index contributed by atoms with van der Waals surface area (Å²) in [5.74, 6) is 0. The van der Waals surface area contributed by atoms with Gasteiger partial charge in [-0.15, -0.1) is 0 Å². The average Bonchev–Trinajstić information content (AvgIpc) is 3.92. The summed E-state index contributed by atoms with van der Waals surface area (Å²) < 4.78 is 9.43. The van der Waals surface area contributed by atoms with Crippen molar-refractivity contribution in [2.75, 3.05) is 0 Å². The van der Waals surface area contributed by atoms with Gasteiger partial charge < -0.3 is 0 Å². The summed E-state index contributed by atoms with van der Waals surface area (Å²) in [6.07, 6.45) is 0. The van der Waals surface area contributed by atoms with Crippen LogP contribution in [0.4, 0.5) is 0 Å². The van der Waals surface area contributed by atoms with Gasteiger partial charge in [0.15, 0.2) is 0 Å². The predicted octanol–water partition coefficient (Wildman–Crippen LogP) is 17.4. The zero-order chi connectivity index (χ0) is 41.9. The van der Waals surface area contributed by atoms with Crippen molar-refractivity contribution in [3.63, 3.8) is 0 Å². The second kappa shape index (κ2) is 13.9. The molecule has 14 aromatic rings. The molecule has 14 rings (SSSR count). The van der Waals surface area contributed by atoms with Crippen LogP contribution >= 0.6 is 0 Å². The Morgan fingerprint density at radius 2 is 0.688 bits per heavy atom. The van der Waals surface area contributed by atoms with E-state index in [9.17, 15) is 0 Å². The molecule has 0 aliphatic carbocycles. The fraction of sp³-hybridized carbons (Fsp3) is 0. The number of rotatable bonds is 4. The molecule has 0 amide bonds. The van der Waals surface area contributed by atoms with Gasteiger partial charge in [-0.25, -0.2) is 0 Å². The van der Waals surface area contributed by atoms with Crippen molar-refractivity contribution in [2.24, 2.45) is 0 Å². The Balaban J connectivity index is 0.944. The van der Waals surface area contributed by atoms with E-state index in [1.807, 2.05) is 0 Å². The molecule has 0 unspecified atom stereocenters. The molecule has 64 heavy (non-hydrogen) atoms. The molecule has 0 atom stereocenters. The fourth-order valence-corrected chi connectivity index (χ4v) is 13.2. The molecule has 1 nitrogen and oxygen atoms in total. The van der Waals surface area contributed by atoms with Gasteiger partial charge in [0.1, 0.15) is 0 Å². The van der Waals surface area contributed by atoms with Crippen LogP contribution in [0.15, 0.2) is 223 Å². The van der Waals surface area contributed by atoms with E-state index in [2.05, 4.69) is 218 Å².